The fraction of sp³-hybridized carbons (Fsp3) is 0.393. The number of H-pyrrole nitrogens is 1. The summed E-state index contributed by atoms with van der Waals surface area (Å²) in [6.07, 6.45) is 11.1. The maximum absolute atomic E-state index is 12.0. The van der Waals surface area contributed by atoms with E-state index in [1.165, 1.54) is 42.5 Å². The summed E-state index contributed by atoms with van der Waals surface area (Å²) in [7, 11) is 1.51. The average molecular weight is 462 g/mol. The van der Waals surface area contributed by atoms with E-state index < -0.39 is 0 Å². The lowest BCUT2D eigenvalue weighted by molar-refractivity contribution is -0.116. The van der Waals surface area contributed by atoms with Crippen molar-refractivity contribution in [3.05, 3.63) is 65.9 Å². The Bertz CT molecular complexity index is 1110. The van der Waals surface area contributed by atoms with Crippen molar-refractivity contribution >= 4 is 22.9 Å². The van der Waals surface area contributed by atoms with Gasteiger partial charge in [-0.3, -0.25) is 4.79 Å². The number of phenols is 1. The number of nitrogens with zero attached hydrogens (tertiary/aromatic N) is 1. The zero-order valence-corrected chi connectivity index (χ0v) is 19.9. The first-order valence-electron chi connectivity index (χ1n) is 12.3. The van der Waals surface area contributed by atoms with Crippen LogP contribution in [0.1, 0.15) is 49.1 Å². The quantitative estimate of drug-likeness (QED) is 0.291. The summed E-state index contributed by atoms with van der Waals surface area (Å²) in [6, 6.07) is 13.6. The Morgan fingerprint density at radius 2 is 2.00 bits per heavy atom. The molecule has 0 bridgehead atoms. The van der Waals surface area contributed by atoms with Crippen LogP contribution in [0, 0.1) is 0 Å². The van der Waals surface area contributed by atoms with E-state index in [1.54, 1.807) is 24.3 Å². The monoisotopic (exact) mass is 461 g/mol. The van der Waals surface area contributed by atoms with E-state index in [0.29, 0.717) is 18.2 Å². The van der Waals surface area contributed by atoms with Gasteiger partial charge in [-0.15, -0.1) is 0 Å². The summed E-state index contributed by atoms with van der Waals surface area (Å²) in [5.41, 5.74) is 3.47. The second-order valence-corrected chi connectivity index (χ2v) is 9.02. The molecule has 1 saturated heterocycles. The van der Waals surface area contributed by atoms with Crippen LogP contribution in [0.5, 0.6) is 11.5 Å². The third-order valence-corrected chi connectivity index (χ3v) is 6.73. The normalized spacial score (nSPS) is 15.2. The number of aromatic hydroxyl groups is 1. The number of fused-ring (bicyclic) bond motifs is 1. The van der Waals surface area contributed by atoms with Crippen LogP contribution in [0.2, 0.25) is 0 Å². The van der Waals surface area contributed by atoms with Gasteiger partial charge in [0.25, 0.3) is 0 Å². The van der Waals surface area contributed by atoms with Gasteiger partial charge in [-0.2, -0.15) is 0 Å². The summed E-state index contributed by atoms with van der Waals surface area (Å²) in [6.45, 7) is 4.13. The van der Waals surface area contributed by atoms with Gasteiger partial charge >= 0.3 is 0 Å². The van der Waals surface area contributed by atoms with Crippen molar-refractivity contribution in [2.24, 2.45) is 0 Å². The van der Waals surface area contributed by atoms with Crippen molar-refractivity contribution in [1.82, 2.24) is 15.2 Å². The van der Waals surface area contributed by atoms with Gasteiger partial charge in [0.1, 0.15) is 0 Å². The molecule has 0 aliphatic carbocycles. The van der Waals surface area contributed by atoms with Crippen molar-refractivity contribution in [3.8, 4) is 11.5 Å². The number of carbonyl (C=O) groups excluding carboxylic acids is 1. The number of aromatic amines is 1. The van der Waals surface area contributed by atoms with Gasteiger partial charge in [0.15, 0.2) is 11.5 Å². The standard InChI is InChI=1S/C28H35N3O3/c1-34-27-11-9-21(19-26(27)32)10-12-28(33)29-15-5-2-6-16-31-17-13-22(14-18-31)24-20-30-25-8-4-3-7-23(24)25/h3-4,7-12,19-20,22,30,32H,2,5-6,13-18H2,1H3,(H,29,33)/b12-10+. The lowest BCUT2D eigenvalue weighted by Gasteiger charge is -2.32. The average Bonchev–Trinajstić information content (AvgIpc) is 3.29. The molecule has 0 saturated carbocycles. The molecule has 0 spiro atoms. The van der Waals surface area contributed by atoms with Crippen LogP contribution in [-0.4, -0.2) is 54.2 Å². The topological polar surface area (TPSA) is 77.6 Å². The van der Waals surface area contributed by atoms with Gasteiger partial charge in [0, 0.05) is 29.7 Å². The van der Waals surface area contributed by atoms with Gasteiger partial charge in [0.2, 0.25) is 5.91 Å². The van der Waals surface area contributed by atoms with Crippen LogP contribution in [0.25, 0.3) is 17.0 Å². The number of amides is 1. The molecule has 6 heteroatoms. The van der Waals surface area contributed by atoms with Gasteiger partial charge in [-0.05, 0) is 86.6 Å². The lowest BCUT2D eigenvalue weighted by atomic mass is 9.89. The number of nitrogens with one attached hydrogen (secondary N) is 2. The lowest BCUT2D eigenvalue weighted by Crippen LogP contribution is -2.33. The molecule has 1 aromatic heterocycles. The number of phenolic OH excluding ortho intramolecular Hbond substituents is 1. The molecule has 180 valence electrons. The third kappa shape index (κ3) is 6.20. The number of likely N-dealkylation sites (tertiary alicyclic amines) is 1. The highest BCUT2D eigenvalue weighted by Crippen LogP contribution is 2.33. The number of para-hydroxylation sites is 1. The van der Waals surface area contributed by atoms with Gasteiger partial charge in [-0.25, -0.2) is 0 Å². The summed E-state index contributed by atoms with van der Waals surface area (Å²) in [5, 5.41) is 14.1. The molecule has 2 aromatic carbocycles. The van der Waals surface area contributed by atoms with Crippen LogP contribution in [-0.2, 0) is 4.79 Å². The predicted octanol–water partition coefficient (Wildman–Crippen LogP) is 5.06. The highest BCUT2D eigenvalue weighted by molar-refractivity contribution is 5.91. The van der Waals surface area contributed by atoms with E-state index >= 15 is 0 Å². The van der Waals surface area contributed by atoms with Crippen molar-refractivity contribution in [3.63, 3.8) is 0 Å². The first-order chi connectivity index (χ1) is 16.6. The first kappa shape index (κ1) is 23.9. The summed E-state index contributed by atoms with van der Waals surface area (Å²) in [5.74, 6) is 1.01. The largest absolute Gasteiger partial charge is 0.504 e. The van der Waals surface area contributed by atoms with E-state index in [9.17, 15) is 9.90 Å². The summed E-state index contributed by atoms with van der Waals surface area (Å²) < 4.78 is 5.03. The van der Waals surface area contributed by atoms with Crippen LogP contribution in [0.15, 0.2) is 54.7 Å². The Labute approximate surface area is 201 Å². The maximum atomic E-state index is 12.0. The van der Waals surface area contributed by atoms with Gasteiger partial charge < -0.3 is 25.0 Å². The number of carbonyl (C=O) groups is 1. The fourth-order valence-electron chi connectivity index (χ4n) is 4.79. The Kier molecular flexibility index (Phi) is 8.26. The molecule has 3 N–H and O–H groups in total. The Balaban J connectivity index is 1.09. The van der Waals surface area contributed by atoms with Crippen LogP contribution in [0.3, 0.4) is 0 Å². The van der Waals surface area contributed by atoms with E-state index in [0.717, 1.165) is 44.5 Å². The predicted molar refractivity (Wildman–Crippen MR) is 137 cm³/mol. The van der Waals surface area contributed by atoms with Crippen molar-refractivity contribution in [1.29, 1.82) is 0 Å². The number of rotatable bonds is 10. The minimum Gasteiger partial charge on any atom is -0.504 e. The molecule has 1 aliphatic heterocycles. The zero-order chi connectivity index (χ0) is 23.8. The van der Waals surface area contributed by atoms with E-state index in [1.807, 2.05) is 0 Å². The zero-order valence-electron chi connectivity index (χ0n) is 19.9. The second kappa shape index (κ2) is 11.7. The number of methoxy groups -OCH3 is 1. The number of piperidine rings is 1. The highest BCUT2D eigenvalue weighted by Gasteiger charge is 2.22. The molecule has 3 aromatic rings. The van der Waals surface area contributed by atoms with Crippen LogP contribution >= 0.6 is 0 Å². The molecular formula is C28H35N3O3. The fourth-order valence-corrected chi connectivity index (χ4v) is 4.79. The number of ether oxygens (including phenoxy) is 1. The van der Waals surface area contributed by atoms with Crippen LogP contribution in [0.4, 0.5) is 0 Å². The molecule has 1 amide bonds. The number of benzene rings is 2. The number of unbranched alkanes of at least 4 members (excludes halogenated alkanes) is 2. The van der Waals surface area contributed by atoms with Crippen LogP contribution < -0.4 is 10.1 Å². The van der Waals surface area contributed by atoms with E-state index in [-0.39, 0.29) is 11.7 Å². The molecule has 0 atom stereocenters. The Morgan fingerprint density at radius 3 is 2.79 bits per heavy atom. The molecular weight excluding hydrogens is 426 g/mol. The van der Waals surface area contributed by atoms with Gasteiger partial charge in [0.05, 0.1) is 7.11 Å². The molecule has 34 heavy (non-hydrogen) atoms. The Hall–Kier alpha value is -3.25. The maximum Gasteiger partial charge on any atom is 0.243 e. The molecule has 6 nitrogen and oxygen atoms in total. The molecule has 4 rings (SSSR count). The number of hydrogen-bond donors (Lipinski definition) is 3. The Morgan fingerprint density at radius 1 is 1.18 bits per heavy atom. The molecule has 0 radical (unpaired) electrons. The number of aromatic nitrogens is 1. The third-order valence-electron chi connectivity index (χ3n) is 6.73. The molecule has 1 aliphatic rings. The minimum atomic E-state index is -0.116. The SMILES string of the molecule is COc1ccc(/C=C/C(=O)NCCCCCN2CCC(c3c[nH]c4ccccc34)CC2)cc1O. The molecule has 0 unspecified atom stereocenters. The first-order valence-corrected chi connectivity index (χ1v) is 12.3. The minimum absolute atomic E-state index is 0.0623. The summed E-state index contributed by atoms with van der Waals surface area (Å²) >= 11 is 0. The van der Waals surface area contributed by atoms with Gasteiger partial charge in [-0.1, -0.05) is 30.7 Å². The van der Waals surface area contributed by atoms with E-state index in [4.69, 9.17) is 4.74 Å². The van der Waals surface area contributed by atoms with Crippen molar-refractivity contribution in [2.45, 2.75) is 38.0 Å². The second-order valence-electron chi connectivity index (χ2n) is 9.02. The highest BCUT2D eigenvalue weighted by atomic mass is 16.5. The van der Waals surface area contributed by atoms with Crippen molar-refractivity contribution < 1.29 is 14.6 Å². The van der Waals surface area contributed by atoms with Crippen molar-refractivity contribution in [2.75, 3.05) is 33.3 Å². The van der Waals surface area contributed by atoms with E-state index in [2.05, 4.69) is 45.7 Å². The number of hydrogen-bond acceptors (Lipinski definition) is 4. The smallest absolute Gasteiger partial charge is 0.243 e. The molecule has 2 heterocycles. The summed E-state index contributed by atoms with van der Waals surface area (Å²) in [4.78, 5) is 18.0. The molecule has 1 fully saturated rings.